The fourth-order valence-electron chi connectivity index (χ4n) is 3.21. The van der Waals surface area contributed by atoms with Gasteiger partial charge in [0.2, 0.25) is 5.91 Å². The number of amides is 1. The molecule has 0 unspecified atom stereocenters. The number of methoxy groups -OCH3 is 1. The monoisotopic (exact) mass is 255 g/mol. The van der Waals surface area contributed by atoms with Crippen molar-refractivity contribution in [2.75, 3.05) is 26.8 Å². The Hall–Kier alpha value is -0.610. The lowest BCUT2D eigenvalue weighted by molar-refractivity contribution is -0.159. The Labute approximate surface area is 109 Å². The number of β-amino-alcohol motifs (C(OH)–C–C–N with tert-alkyl or cyclic N) is 1. The van der Waals surface area contributed by atoms with Crippen LogP contribution in [0.25, 0.3) is 0 Å². The first-order valence-electron chi connectivity index (χ1n) is 7.06. The smallest absolute Gasteiger partial charge is 0.231 e. The number of piperidine rings is 1. The summed E-state index contributed by atoms with van der Waals surface area (Å²) in [5, 5.41) is 10.4. The van der Waals surface area contributed by atoms with E-state index in [1.807, 2.05) is 11.8 Å². The van der Waals surface area contributed by atoms with Crippen LogP contribution in [-0.4, -0.2) is 48.3 Å². The van der Waals surface area contributed by atoms with Crippen molar-refractivity contribution < 1.29 is 14.6 Å². The van der Waals surface area contributed by atoms with Gasteiger partial charge in [-0.05, 0) is 32.1 Å². The highest BCUT2D eigenvalue weighted by Gasteiger charge is 2.48. The van der Waals surface area contributed by atoms with Crippen LogP contribution in [0.4, 0.5) is 0 Å². The molecular formula is C14H25NO3. The molecule has 0 spiro atoms. The zero-order valence-corrected chi connectivity index (χ0v) is 11.6. The summed E-state index contributed by atoms with van der Waals surface area (Å²) in [5.74, 6) is 0.196. The maximum Gasteiger partial charge on any atom is 0.231 e. The number of hydrogen-bond acceptors (Lipinski definition) is 3. The molecule has 1 saturated carbocycles. The van der Waals surface area contributed by atoms with Gasteiger partial charge in [0.15, 0.2) is 0 Å². The summed E-state index contributed by atoms with van der Waals surface area (Å²) in [6.45, 7) is 3.79. The molecule has 1 heterocycles. The molecule has 2 fully saturated rings. The molecule has 1 aliphatic heterocycles. The second-order valence-corrected chi connectivity index (χ2v) is 5.98. The van der Waals surface area contributed by atoms with E-state index in [1.54, 1.807) is 7.11 Å². The minimum absolute atomic E-state index is 0.196. The van der Waals surface area contributed by atoms with Crippen molar-refractivity contribution in [3.05, 3.63) is 0 Å². The van der Waals surface area contributed by atoms with Crippen LogP contribution in [0.2, 0.25) is 0 Å². The third kappa shape index (κ3) is 2.41. The van der Waals surface area contributed by atoms with Crippen LogP contribution in [0.3, 0.4) is 0 Å². The van der Waals surface area contributed by atoms with E-state index in [2.05, 4.69) is 0 Å². The maximum atomic E-state index is 12.6. The van der Waals surface area contributed by atoms with E-state index < -0.39 is 5.60 Å². The number of ether oxygens (including phenoxy) is 1. The SMILES string of the molecule is CC[C@]1(O)CCCN(C(=O)C2(COC)CCC2)C1. The van der Waals surface area contributed by atoms with Gasteiger partial charge < -0.3 is 14.7 Å². The van der Waals surface area contributed by atoms with Crippen LogP contribution in [0, 0.1) is 5.41 Å². The van der Waals surface area contributed by atoms with Gasteiger partial charge in [-0.15, -0.1) is 0 Å². The standard InChI is InChI=1S/C14H25NO3/c1-3-14(17)8-5-9-15(10-14)12(16)13(11-18-2)6-4-7-13/h17H,3-11H2,1-2H3/t14-/m0/s1. The number of aliphatic hydroxyl groups is 1. The van der Waals surface area contributed by atoms with Crippen LogP contribution in [-0.2, 0) is 9.53 Å². The Bertz CT molecular complexity index is 314. The first-order chi connectivity index (χ1) is 8.55. The molecule has 1 aliphatic carbocycles. The predicted molar refractivity (Wildman–Crippen MR) is 69.2 cm³/mol. The average Bonchev–Trinajstić information content (AvgIpc) is 2.33. The van der Waals surface area contributed by atoms with Crippen LogP contribution in [0.5, 0.6) is 0 Å². The zero-order chi connectivity index (χ0) is 13.2. The lowest BCUT2D eigenvalue weighted by Crippen LogP contribution is -2.57. The molecule has 0 aromatic heterocycles. The number of carbonyl (C=O) groups excluding carboxylic acids is 1. The van der Waals surface area contributed by atoms with E-state index in [1.165, 1.54) is 0 Å². The first-order valence-corrected chi connectivity index (χ1v) is 7.06. The van der Waals surface area contributed by atoms with Gasteiger partial charge >= 0.3 is 0 Å². The molecule has 104 valence electrons. The number of hydrogen-bond donors (Lipinski definition) is 1. The number of rotatable bonds is 4. The second-order valence-electron chi connectivity index (χ2n) is 5.98. The minimum atomic E-state index is -0.675. The van der Waals surface area contributed by atoms with E-state index in [-0.39, 0.29) is 11.3 Å². The van der Waals surface area contributed by atoms with Crippen molar-refractivity contribution >= 4 is 5.91 Å². The average molecular weight is 255 g/mol. The van der Waals surface area contributed by atoms with Gasteiger partial charge in [-0.2, -0.15) is 0 Å². The van der Waals surface area contributed by atoms with E-state index in [0.29, 0.717) is 19.6 Å². The van der Waals surface area contributed by atoms with Crippen molar-refractivity contribution in [3.8, 4) is 0 Å². The summed E-state index contributed by atoms with van der Waals surface area (Å²) in [4.78, 5) is 14.5. The lowest BCUT2D eigenvalue weighted by Gasteiger charge is -2.46. The van der Waals surface area contributed by atoms with Crippen molar-refractivity contribution in [1.29, 1.82) is 0 Å². The Morgan fingerprint density at radius 3 is 2.56 bits per heavy atom. The summed E-state index contributed by atoms with van der Waals surface area (Å²) < 4.78 is 5.23. The molecule has 4 heteroatoms. The molecule has 1 atom stereocenters. The molecule has 0 aromatic rings. The molecule has 0 radical (unpaired) electrons. The third-order valence-electron chi connectivity index (χ3n) is 4.69. The van der Waals surface area contributed by atoms with Gasteiger partial charge in [0.25, 0.3) is 0 Å². The lowest BCUT2D eigenvalue weighted by atomic mass is 9.68. The highest BCUT2D eigenvalue weighted by molar-refractivity contribution is 5.84. The van der Waals surface area contributed by atoms with Crippen molar-refractivity contribution in [2.45, 2.75) is 51.0 Å². The molecule has 0 bridgehead atoms. The molecule has 2 rings (SSSR count). The summed E-state index contributed by atoms with van der Waals surface area (Å²) in [5.41, 5.74) is -0.966. The predicted octanol–water partition coefficient (Wildman–Crippen LogP) is 1.57. The van der Waals surface area contributed by atoms with Gasteiger partial charge in [0.05, 0.1) is 17.6 Å². The fraction of sp³-hybridized carbons (Fsp3) is 0.929. The molecule has 2 aliphatic rings. The van der Waals surface area contributed by atoms with Crippen molar-refractivity contribution in [1.82, 2.24) is 4.90 Å². The highest BCUT2D eigenvalue weighted by atomic mass is 16.5. The Kier molecular flexibility index (Phi) is 3.97. The second kappa shape index (κ2) is 5.17. The molecule has 1 amide bonds. The van der Waals surface area contributed by atoms with E-state index in [0.717, 1.165) is 38.6 Å². The van der Waals surface area contributed by atoms with Crippen molar-refractivity contribution in [2.24, 2.45) is 5.41 Å². The number of likely N-dealkylation sites (tertiary alicyclic amines) is 1. The zero-order valence-electron chi connectivity index (χ0n) is 11.6. The summed E-state index contributed by atoms with van der Waals surface area (Å²) >= 11 is 0. The number of carbonyl (C=O) groups is 1. The Balaban J connectivity index is 2.04. The van der Waals surface area contributed by atoms with Crippen LogP contribution in [0.15, 0.2) is 0 Å². The molecular weight excluding hydrogens is 230 g/mol. The Morgan fingerprint density at radius 2 is 2.06 bits per heavy atom. The van der Waals surface area contributed by atoms with Gasteiger partial charge in [-0.25, -0.2) is 0 Å². The van der Waals surface area contributed by atoms with Gasteiger partial charge in [-0.3, -0.25) is 4.79 Å². The fourth-order valence-corrected chi connectivity index (χ4v) is 3.21. The van der Waals surface area contributed by atoms with Crippen LogP contribution >= 0.6 is 0 Å². The molecule has 18 heavy (non-hydrogen) atoms. The van der Waals surface area contributed by atoms with Crippen molar-refractivity contribution in [3.63, 3.8) is 0 Å². The minimum Gasteiger partial charge on any atom is -0.388 e. The summed E-state index contributed by atoms with van der Waals surface area (Å²) in [6.07, 6.45) is 5.40. The van der Waals surface area contributed by atoms with Crippen LogP contribution in [0.1, 0.15) is 45.4 Å². The van der Waals surface area contributed by atoms with Gasteiger partial charge in [-0.1, -0.05) is 13.3 Å². The van der Waals surface area contributed by atoms with Gasteiger partial charge in [0, 0.05) is 20.2 Å². The quantitative estimate of drug-likeness (QED) is 0.829. The van der Waals surface area contributed by atoms with E-state index in [9.17, 15) is 9.90 Å². The topological polar surface area (TPSA) is 49.8 Å². The normalized spacial score (nSPS) is 30.9. The highest BCUT2D eigenvalue weighted by Crippen LogP contribution is 2.43. The largest absolute Gasteiger partial charge is 0.388 e. The molecule has 1 saturated heterocycles. The summed E-state index contributed by atoms with van der Waals surface area (Å²) in [6, 6.07) is 0. The van der Waals surface area contributed by atoms with E-state index >= 15 is 0 Å². The third-order valence-corrected chi connectivity index (χ3v) is 4.69. The Morgan fingerprint density at radius 1 is 1.33 bits per heavy atom. The first kappa shape index (κ1) is 13.8. The number of nitrogens with zero attached hydrogens (tertiary/aromatic N) is 1. The molecule has 1 N–H and O–H groups in total. The maximum absolute atomic E-state index is 12.6. The molecule has 4 nitrogen and oxygen atoms in total. The molecule has 0 aromatic carbocycles. The van der Waals surface area contributed by atoms with Crippen LogP contribution < -0.4 is 0 Å². The summed E-state index contributed by atoms with van der Waals surface area (Å²) in [7, 11) is 1.66. The van der Waals surface area contributed by atoms with Gasteiger partial charge in [0.1, 0.15) is 0 Å². The van der Waals surface area contributed by atoms with E-state index in [4.69, 9.17) is 4.74 Å².